The minimum atomic E-state index is -3.02. The smallest absolute Gasteiger partial charge is 0.277 e. The molecule has 3 nitrogen and oxygen atoms in total. The van der Waals surface area contributed by atoms with Gasteiger partial charge in [-0.15, -0.1) is 23.7 Å². The standard InChI is InChI=1S/C11H15BrF2N2OS.ClH/c12-9-5-4-8(18-9)2-1-3-10(17)16-7-11(13,14)6-15;/h4-5H,1-3,6-7,15H2,(H,16,17);1H. The topological polar surface area (TPSA) is 55.1 Å². The van der Waals surface area contributed by atoms with Crippen molar-refractivity contribution < 1.29 is 13.6 Å². The molecule has 0 aliphatic rings. The Morgan fingerprint density at radius 1 is 1.47 bits per heavy atom. The number of alkyl halides is 2. The third-order valence-electron chi connectivity index (χ3n) is 2.30. The number of carbonyl (C=O) groups excluding carboxylic acids is 1. The van der Waals surface area contributed by atoms with Crippen molar-refractivity contribution in [3.8, 4) is 0 Å². The van der Waals surface area contributed by atoms with Crippen LogP contribution in [-0.4, -0.2) is 24.9 Å². The van der Waals surface area contributed by atoms with Crippen LogP contribution in [0.25, 0.3) is 0 Å². The van der Waals surface area contributed by atoms with Gasteiger partial charge in [-0.2, -0.15) is 0 Å². The Labute approximate surface area is 129 Å². The van der Waals surface area contributed by atoms with E-state index >= 15 is 0 Å². The zero-order valence-corrected chi connectivity index (χ0v) is 13.3. The molecule has 8 heteroatoms. The largest absolute Gasteiger partial charge is 0.350 e. The van der Waals surface area contributed by atoms with Gasteiger partial charge in [0.25, 0.3) is 5.92 Å². The fourth-order valence-electron chi connectivity index (χ4n) is 1.30. The summed E-state index contributed by atoms with van der Waals surface area (Å²) in [6.07, 6.45) is 1.67. The number of rotatable bonds is 7. The predicted octanol–water partition coefficient (Wildman–Crippen LogP) is 2.97. The molecule has 0 unspecified atom stereocenters. The fraction of sp³-hybridized carbons (Fsp3) is 0.545. The Morgan fingerprint density at radius 2 is 2.16 bits per heavy atom. The molecule has 0 fully saturated rings. The highest BCUT2D eigenvalue weighted by Gasteiger charge is 2.26. The lowest BCUT2D eigenvalue weighted by Gasteiger charge is -2.14. The molecular formula is C11H16BrClF2N2OS. The van der Waals surface area contributed by atoms with Crippen LogP contribution >= 0.6 is 39.7 Å². The molecule has 0 saturated heterocycles. The van der Waals surface area contributed by atoms with Gasteiger partial charge in [-0.05, 0) is 40.9 Å². The number of thiophene rings is 1. The minimum Gasteiger partial charge on any atom is -0.350 e. The number of halogens is 4. The van der Waals surface area contributed by atoms with E-state index in [4.69, 9.17) is 5.73 Å². The number of hydrogen-bond acceptors (Lipinski definition) is 3. The van der Waals surface area contributed by atoms with Gasteiger partial charge in [-0.3, -0.25) is 4.79 Å². The lowest BCUT2D eigenvalue weighted by molar-refractivity contribution is -0.122. The zero-order chi connectivity index (χ0) is 13.6. The molecule has 110 valence electrons. The Bertz CT molecular complexity index is 404. The van der Waals surface area contributed by atoms with E-state index in [2.05, 4.69) is 21.2 Å². The van der Waals surface area contributed by atoms with Gasteiger partial charge in [0.2, 0.25) is 5.91 Å². The monoisotopic (exact) mass is 376 g/mol. The second-order valence-corrected chi connectivity index (χ2v) is 6.44. The Kier molecular flexibility index (Phi) is 8.73. The summed E-state index contributed by atoms with van der Waals surface area (Å²) in [6, 6.07) is 3.93. The molecule has 0 aromatic carbocycles. The zero-order valence-electron chi connectivity index (χ0n) is 10.1. The van der Waals surface area contributed by atoms with E-state index in [0.717, 1.165) is 10.2 Å². The number of carbonyl (C=O) groups is 1. The van der Waals surface area contributed by atoms with Crippen molar-refractivity contribution in [2.75, 3.05) is 13.1 Å². The van der Waals surface area contributed by atoms with E-state index in [1.54, 1.807) is 11.3 Å². The number of hydrogen-bond donors (Lipinski definition) is 2. The molecule has 0 saturated carbocycles. The van der Waals surface area contributed by atoms with Crippen molar-refractivity contribution in [1.82, 2.24) is 5.32 Å². The van der Waals surface area contributed by atoms with Crippen LogP contribution in [0.15, 0.2) is 15.9 Å². The highest BCUT2D eigenvalue weighted by Crippen LogP contribution is 2.23. The third-order valence-corrected chi connectivity index (χ3v) is 3.98. The average molecular weight is 378 g/mol. The third kappa shape index (κ3) is 7.81. The number of nitrogens with two attached hydrogens (primary N) is 1. The van der Waals surface area contributed by atoms with Gasteiger partial charge in [0.05, 0.1) is 16.9 Å². The molecule has 0 aliphatic heterocycles. The quantitative estimate of drug-likeness (QED) is 0.767. The molecule has 0 bridgehead atoms. The Hall–Kier alpha value is -0.240. The maximum atomic E-state index is 12.8. The van der Waals surface area contributed by atoms with Gasteiger partial charge in [0.15, 0.2) is 0 Å². The van der Waals surface area contributed by atoms with Crippen LogP contribution in [0.3, 0.4) is 0 Å². The molecule has 3 N–H and O–H groups in total. The molecule has 0 radical (unpaired) electrons. The van der Waals surface area contributed by atoms with E-state index in [1.165, 1.54) is 4.88 Å². The molecule has 0 aliphatic carbocycles. The summed E-state index contributed by atoms with van der Waals surface area (Å²) in [5.74, 6) is -3.38. The van der Waals surface area contributed by atoms with Gasteiger partial charge in [0.1, 0.15) is 0 Å². The van der Waals surface area contributed by atoms with Crippen molar-refractivity contribution in [3.63, 3.8) is 0 Å². The van der Waals surface area contributed by atoms with Gasteiger partial charge in [0, 0.05) is 11.3 Å². The number of amides is 1. The van der Waals surface area contributed by atoms with Crippen molar-refractivity contribution in [1.29, 1.82) is 0 Å². The normalized spacial score (nSPS) is 10.9. The first-order valence-corrected chi connectivity index (χ1v) is 7.13. The molecule has 1 aromatic rings. The summed E-state index contributed by atoms with van der Waals surface area (Å²) in [5, 5.41) is 2.19. The molecular weight excluding hydrogens is 362 g/mol. The maximum absolute atomic E-state index is 12.8. The summed E-state index contributed by atoms with van der Waals surface area (Å²) >= 11 is 4.96. The predicted molar refractivity (Wildman–Crippen MR) is 79.2 cm³/mol. The first-order chi connectivity index (χ1) is 8.43. The summed E-state index contributed by atoms with van der Waals surface area (Å²) in [6.45, 7) is -1.44. The Balaban J connectivity index is 0.00000324. The van der Waals surface area contributed by atoms with Gasteiger partial charge in [-0.1, -0.05) is 0 Å². The highest BCUT2D eigenvalue weighted by atomic mass is 79.9. The van der Waals surface area contributed by atoms with Crippen LogP contribution in [0.4, 0.5) is 8.78 Å². The molecule has 0 atom stereocenters. The fourth-order valence-corrected chi connectivity index (χ4v) is 2.82. The molecule has 0 spiro atoms. The minimum absolute atomic E-state index is 0. The summed E-state index contributed by atoms with van der Waals surface area (Å²) in [4.78, 5) is 12.5. The van der Waals surface area contributed by atoms with E-state index in [9.17, 15) is 13.6 Å². The van der Waals surface area contributed by atoms with E-state index in [1.807, 2.05) is 12.1 Å². The van der Waals surface area contributed by atoms with E-state index < -0.39 is 19.0 Å². The second-order valence-electron chi connectivity index (χ2n) is 3.90. The molecule has 1 rings (SSSR count). The van der Waals surface area contributed by atoms with E-state index in [-0.39, 0.29) is 24.7 Å². The van der Waals surface area contributed by atoms with Crippen LogP contribution in [0, 0.1) is 0 Å². The molecule has 19 heavy (non-hydrogen) atoms. The summed E-state index contributed by atoms with van der Waals surface area (Å²) < 4.78 is 26.6. The molecule has 1 aromatic heterocycles. The second kappa shape index (κ2) is 8.84. The van der Waals surface area contributed by atoms with Crippen LogP contribution in [0.5, 0.6) is 0 Å². The van der Waals surface area contributed by atoms with Gasteiger partial charge < -0.3 is 11.1 Å². The first kappa shape index (κ1) is 18.8. The first-order valence-electron chi connectivity index (χ1n) is 5.52. The SMILES string of the molecule is Cl.NCC(F)(F)CNC(=O)CCCc1ccc(Br)s1. The lowest BCUT2D eigenvalue weighted by atomic mass is 10.2. The number of aryl methyl sites for hydroxylation is 1. The summed E-state index contributed by atoms with van der Waals surface area (Å²) in [5.41, 5.74) is 4.87. The van der Waals surface area contributed by atoms with Crippen LogP contribution in [0.2, 0.25) is 0 Å². The van der Waals surface area contributed by atoms with Gasteiger partial charge in [-0.25, -0.2) is 8.78 Å². The average Bonchev–Trinajstić information content (AvgIpc) is 2.73. The highest BCUT2D eigenvalue weighted by molar-refractivity contribution is 9.11. The maximum Gasteiger partial charge on any atom is 0.277 e. The van der Waals surface area contributed by atoms with Crippen LogP contribution < -0.4 is 11.1 Å². The number of nitrogens with one attached hydrogen (secondary N) is 1. The van der Waals surface area contributed by atoms with E-state index in [0.29, 0.717) is 6.42 Å². The molecule has 1 heterocycles. The van der Waals surface area contributed by atoms with Crippen molar-refractivity contribution in [2.45, 2.75) is 25.2 Å². The van der Waals surface area contributed by atoms with Crippen molar-refractivity contribution >= 4 is 45.6 Å². The van der Waals surface area contributed by atoms with Gasteiger partial charge >= 0.3 is 0 Å². The Morgan fingerprint density at radius 3 is 2.68 bits per heavy atom. The molecule has 1 amide bonds. The summed E-state index contributed by atoms with van der Waals surface area (Å²) in [7, 11) is 0. The van der Waals surface area contributed by atoms with Crippen LogP contribution in [-0.2, 0) is 11.2 Å². The van der Waals surface area contributed by atoms with Crippen molar-refractivity contribution in [3.05, 3.63) is 20.8 Å². The lowest BCUT2D eigenvalue weighted by Crippen LogP contribution is -2.41. The van der Waals surface area contributed by atoms with Crippen molar-refractivity contribution in [2.24, 2.45) is 5.73 Å². The van der Waals surface area contributed by atoms with Crippen LogP contribution in [0.1, 0.15) is 17.7 Å².